The monoisotopic (exact) mass is 447 g/mol. The van der Waals surface area contributed by atoms with E-state index >= 15 is 0 Å². The number of hydrogen-bond donors (Lipinski definition) is 0. The summed E-state index contributed by atoms with van der Waals surface area (Å²) >= 11 is 6.05. The number of nitrogens with zero attached hydrogens (tertiary/aromatic N) is 1. The third-order valence-corrected chi connectivity index (χ3v) is 5.04. The summed E-state index contributed by atoms with van der Waals surface area (Å²) in [5, 5.41) is 2.58. The highest BCUT2D eigenvalue weighted by atomic mass is 127. The topological polar surface area (TPSA) is 4.93 Å². The van der Waals surface area contributed by atoms with Crippen LogP contribution < -0.4 is 0 Å². The SMILES string of the molecule is Brc1cc(I)ccc1-n1c2ccccc2c2ccccc21. The number of fused-ring (bicyclic) bond motifs is 3. The molecule has 0 aliphatic carbocycles. The third-order valence-electron chi connectivity index (χ3n) is 3.73. The average Bonchev–Trinajstić information content (AvgIpc) is 2.82. The molecule has 21 heavy (non-hydrogen) atoms. The predicted molar refractivity (Wildman–Crippen MR) is 101 cm³/mol. The number of halogens is 2. The van der Waals surface area contributed by atoms with E-state index in [-0.39, 0.29) is 0 Å². The normalized spacial score (nSPS) is 11.3. The standard InChI is InChI=1S/C18H11BrIN/c19-15-11-12(20)9-10-18(15)21-16-7-3-1-5-13(16)14-6-2-4-8-17(14)21/h1-11H. The molecule has 102 valence electrons. The van der Waals surface area contributed by atoms with Gasteiger partial charge in [-0.3, -0.25) is 0 Å². The molecular weight excluding hydrogens is 437 g/mol. The lowest BCUT2D eigenvalue weighted by Gasteiger charge is -2.10. The lowest BCUT2D eigenvalue weighted by atomic mass is 10.2. The number of aromatic nitrogens is 1. The van der Waals surface area contributed by atoms with E-state index in [1.807, 2.05) is 0 Å². The zero-order valence-corrected chi connectivity index (χ0v) is 14.8. The number of benzene rings is 3. The molecule has 0 unspecified atom stereocenters. The van der Waals surface area contributed by atoms with Crippen molar-refractivity contribution >= 4 is 60.3 Å². The molecule has 3 heteroatoms. The Labute approximate surface area is 144 Å². The second-order valence-electron chi connectivity index (χ2n) is 4.97. The van der Waals surface area contributed by atoms with Crippen LogP contribution in [0.25, 0.3) is 27.5 Å². The van der Waals surface area contributed by atoms with E-state index in [1.54, 1.807) is 0 Å². The molecule has 0 amide bonds. The van der Waals surface area contributed by atoms with E-state index in [1.165, 1.54) is 31.1 Å². The van der Waals surface area contributed by atoms with Crippen LogP contribution in [0.5, 0.6) is 0 Å². The Kier molecular flexibility index (Phi) is 3.27. The van der Waals surface area contributed by atoms with Gasteiger partial charge in [-0.15, -0.1) is 0 Å². The van der Waals surface area contributed by atoms with E-state index in [0.717, 1.165) is 4.47 Å². The summed E-state index contributed by atoms with van der Waals surface area (Å²) < 4.78 is 4.66. The first kappa shape index (κ1) is 13.3. The number of para-hydroxylation sites is 2. The zero-order valence-electron chi connectivity index (χ0n) is 11.1. The average molecular weight is 448 g/mol. The summed E-state index contributed by atoms with van der Waals surface area (Å²) in [4.78, 5) is 0. The second kappa shape index (κ2) is 5.14. The van der Waals surface area contributed by atoms with E-state index in [2.05, 4.69) is 110 Å². The molecule has 0 aliphatic rings. The number of rotatable bonds is 1. The Morgan fingerprint density at radius 3 is 1.90 bits per heavy atom. The summed E-state index contributed by atoms with van der Waals surface area (Å²) in [7, 11) is 0. The fraction of sp³-hybridized carbons (Fsp3) is 0. The highest BCUT2D eigenvalue weighted by Gasteiger charge is 2.13. The van der Waals surface area contributed by atoms with Crippen molar-refractivity contribution in [3.05, 3.63) is 74.8 Å². The summed E-state index contributed by atoms with van der Waals surface area (Å²) in [6.07, 6.45) is 0. The Bertz CT molecular complexity index is 918. The van der Waals surface area contributed by atoms with Crippen molar-refractivity contribution in [3.63, 3.8) is 0 Å². The van der Waals surface area contributed by atoms with Crippen LogP contribution in [0.2, 0.25) is 0 Å². The highest BCUT2D eigenvalue weighted by Crippen LogP contribution is 2.34. The van der Waals surface area contributed by atoms with Crippen LogP contribution in [0.1, 0.15) is 0 Å². The smallest absolute Gasteiger partial charge is 0.0604 e. The summed E-state index contributed by atoms with van der Waals surface area (Å²) in [6.45, 7) is 0. The van der Waals surface area contributed by atoms with Crippen LogP contribution >= 0.6 is 38.5 Å². The van der Waals surface area contributed by atoms with Gasteiger partial charge in [-0.05, 0) is 68.9 Å². The minimum atomic E-state index is 1.11. The van der Waals surface area contributed by atoms with Gasteiger partial charge in [0.1, 0.15) is 0 Å². The Morgan fingerprint density at radius 2 is 1.33 bits per heavy atom. The minimum Gasteiger partial charge on any atom is -0.308 e. The Hall–Kier alpha value is -1.33. The van der Waals surface area contributed by atoms with Crippen molar-refractivity contribution in [2.24, 2.45) is 0 Å². The fourth-order valence-corrected chi connectivity index (χ4v) is 4.32. The van der Waals surface area contributed by atoms with Crippen LogP contribution in [0, 0.1) is 3.57 Å². The van der Waals surface area contributed by atoms with Gasteiger partial charge in [-0.1, -0.05) is 36.4 Å². The maximum atomic E-state index is 3.71. The van der Waals surface area contributed by atoms with Gasteiger partial charge in [0.05, 0.1) is 16.7 Å². The molecule has 0 radical (unpaired) electrons. The maximum absolute atomic E-state index is 3.71. The van der Waals surface area contributed by atoms with Gasteiger partial charge >= 0.3 is 0 Å². The quantitative estimate of drug-likeness (QED) is 0.308. The van der Waals surface area contributed by atoms with Crippen molar-refractivity contribution in [3.8, 4) is 5.69 Å². The summed E-state index contributed by atoms with van der Waals surface area (Å²) in [5.74, 6) is 0. The third kappa shape index (κ3) is 2.10. The molecule has 0 saturated carbocycles. The molecule has 0 aliphatic heterocycles. The Morgan fingerprint density at radius 1 is 0.762 bits per heavy atom. The van der Waals surface area contributed by atoms with Crippen molar-refractivity contribution in [2.45, 2.75) is 0 Å². The first-order chi connectivity index (χ1) is 10.3. The van der Waals surface area contributed by atoms with Crippen molar-refractivity contribution < 1.29 is 0 Å². The molecule has 0 fully saturated rings. The summed E-state index contributed by atoms with van der Waals surface area (Å²) in [6, 6.07) is 23.6. The van der Waals surface area contributed by atoms with Crippen molar-refractivity contribution in [1.29, 1.82) is 0 Å². The molecule has 1 heterocycles. The Balaban J connectivity index is 2.20. The van der Waals surface area contributed by atoms with E-state index in [0.29, 0.717) is 0 Å². The van der Waals surface area contributed by atoms with Gasteiger partial charge in [0.15, 0.2) is 0 Å². The molecule has 1 nitrogen and oxygen atoms in total. The maximum Gasteiger partial charge on any atom is 0.0604 e. The molecule has 0 bridgehead atoms. The van der Waals surface area contributed by atoms with Gasteiger partial charge in [-0.25, -0.2) is 0 Å². The minimum absolute atomic E-state index is 1.11. The van der Waals surface area contributed by atoms with Crippen LogP contribution in [0.3, 0.4) is 0 Å². The molecule has 0 N–H and O–H groups in total. The predicted octanol–water partition coefficient (Wildman–Crippen LogP) is 6.15. The van der Waals surface area contributed by atoms with Crippen LogP contribution in [0.15, 0.2) is 71.2 Å². The highest BCUT2D eigenvalue weighted by molar-refractivity contribution is 14.1. The first-order valence-corrected chi connectivity index (χ1v) is 8.56. The molecular formula is C18H11BrIN. The molecule has 4 aromatic rings. The molecule has 0 atom stereocenters. The van der Waals surface area contributed by atoms with Gasteiger partial charge in [0.2, 0.25) is 0 Å². The van der Waals surface area contributed by atoms with Crippen molar-refractivity contribution in [1.82, 2.24) is 4.57 Å². The zero-order chi connectivity index (χ0) is 14.4. The fourth-order valence-electron chi connectivity index (χ4n) is 2.84. The molecule has 4 rings (SSSR count). The van der Waals surface area contributed by atoms with Gasteiger partial charge in [-0.2, -0.15) is 0 Å². The molecule has 1 aromatic heterocycles. The van der Waals surface area contributed by atoms with Gasteiger partial charge < -0.3 is 4.57 Å². The van der Waals surface area contributed by atoms with E-state index in [9.17, 15) is 0 Å². The molecule has 0 saturated heterocycles. The van der Waals surface area contributed by atoms with Gasteiger partial charge in [0.25, 0.3) is 0 Å². The van der Waals surface area contributed by atoms with E-state index < -0.39 is 0 Å². The summed E-state index contributed by atoms with van der Waals surface area (Å²) in [5.41, 5.74) is 3.65. The molecule has 0 spiro atoms. The van der Waals surface area contributed by atoms with Crippen molar-refractivity contribution in [2.75, 3.05) is 0 Å². The number of hydrogen-bond acceptors (Lipinski definition) is 0. The lowest BCUT2D eigenvalue weighted by molar-refractivity contribution is 1.17. The molecule has 3 aromatic carbocycles. The van der Waals surface area contributed by atoms with Gasteiger partial charge in [0, 0.05) is 18.8 Å². The largest absolute Gasteiger partial charge is 0.308 e. The van der Waals surface area contributed by atoms with Crippen LogP contribution in [-0.4, -0.2) is 4.57 Å². The van der Waals surface area contributed by atoms with E-state index in [4.69, 9.17) is 0 Å². The van der Waals surface area contributed by atoms with Crippen LogP contribution in [-0.2, 0) is 0 Å². The first-order valence-electron chi connectivity index (χ1n) is 6.69. The lowest BCUT2D eigenvalue weighted by Crippen LogP contribution is -1.95. The van der Waals surface area contributed by atoms with Crippen LogP contribution in [0.4, 0.5) is 0 Å². The second-order valence-corrected chi connectivity index (χ2v) is 7.07.